The zero-order valence-corrected chi connectivity index (χ0v) is 14.3. The lowest BCUT2D eigenvalue weighted by Gasteiger charge is -2.04. The second-order valence-corrected chi connectivity index (χ2v) is 5.86. The Hall–Kier alpha value is -1.60. The monoisotopic (exact) mass is 414 g/mol. The molecule has 1 amide bonds. The average Bonchev–Trinajstić information content (AvgIpc) is 2.75. The zero-order valence-electron chi connectivity index (χ0n) is 11.1. The number of aryl methyl sites for hydroxylation is 1. The summed E-state index contributed by atoms with van der Waals surface area (Å²) in [5, 5.41) is 3.80. The van der Waals surface area contributed by atoms with Gasteiger partial charge in [-0.3, -0.25) is 4.79 Å². The highest BCUT2D eigenvalue weighted by molar-refractivity contribution is 9.10. The molecule has 0 bridgehead atoms. The Morgan fingerprint density at radius 2 is 2.24 bits per heavy atom. The third-order valence-corrected chi connectivity index (χ3v) is 3.70. The molecule has 2 rings (SSSR count). The third kappa shape index (κ3) is 5.02. The Kier molecular flexibility index (Phi) is 5.58. The summed E-state index contributed by atoms with van der Waals surface area (Å²) in [5.41, 5.74) is 2.36. The van der Waals surface area contributed by atoms with Gasteiger partial charge in [-0.25, -0.2) is 5.43 Å². The molecule has 0 spiro atoms. The number of carbonyl (C=O) groups excluding carboxylic acids is 1. The first-order valence-electron chi connectivity index (χ1n) is 6.01. The minimum atomic E-state index is -0.353. The zero-order chi connectivity index (χ0) is 15.2. The first kappa shape index (κ1) is 15.8. The summed E-state index contributed by atoms with van der Waals surface area (Å²) in [5.74, 6) is 1.55. The van der Waals surface area contributed by atoms with Crippen LogP contribution >= 0.6 is 31.9 Å². The number of furan rings is 1. The molecule has 0 aliphatic rings. The van der Waals surface area contributed by atoms with E-state index in [1.54, 1.807) is 18.2 Å². The number of nitrogens with zero attached hydrogens (tertiary/aromatic N) is 1. The number of hydrogen-bond donors (Lipinski definition) is 1. The van der Waals surface area contributed by atoms with Crippen molar-refractivity contribution in [1.82, 2.24) is 5.43 Å². The molecule has 1 N–H and O–H groups in total. The second-order valence-electron chi connectivity index (χ2n) is 4.09. The van der Waals surface area contributed by atoms with E-state index in [0.29, 0.717) is 11.5 Å². The molecule has 7 heteroatoms. The van der Waals surface area contributed by atoms with Gasteiger partial charge in [0.05, 0.1) is 10.7 Å². The smallest absolute Gasteiger partial charge is 0.277 e. The van der Waals surface area contributed by atoms with Gasteiger partial charge in [-0.05, 0) is 41.1 Å². The van der Waals surface area contributed by atoms with E-state index in [2.05, 4.69) is 42.4 Å². The van der Waals surface area contributed by atoms with Crippen molar-refractivity contribution in [2.45, 2.75) is 6.92 Å². The minimum Gasteiger partial charge on any atom is -0.484 e. The summed E-state index contributed by atoms with van der Waals surface area (Å²) in [6.45, 7) is 1.71. The van der Waals surface area contributed by atoms with Crippen LogP contribution in [0.1, 0.15) is 11.5 Å². The highest BCUT2D eigenvalue weighted by Gasteiger charge is 2.03. The number of ether oxygens (including phenoxy) is 1. The number of hydrazone groups is 1. The van der Waals surface area contributed by atoms with E-state index in [4.69, 9.17) is 9.15 Å². The van der Waals surface area contributed by atoms with Gasteiger partial charge in [0.25, 0.3) is 5.91 Å². The van der Waals surface area contributed by atoms with E-state index in [1.807, 2.05) is 19.1 Å². The number of carbonyl (C=O) groups is 1. The standard InChI is InChI=1S/C14H12Br2N2O3/c1-9-13(16)6-12(21-9)7-17-18-14(19)8-20-11-4-2-3-10(15)5-11/h2-7H,8H2,1H3,(H,18,19)/b17-7+. The number of hydrogen-bond acceptors (Lipinski definition) is 4. The van der Waals surface area contributed by atoms with E-state index in [9.17, 15) is 4.79 Å². The molecule has 5 nitrogen and oxygen atoms in total. The summed E-state index contributed by atoms with van der Waals surface area (Å²) < 4.78 is 12.4. The van der Waals surface area contributed by atoms with Gasteiger partial charge >= 0.3 is 0 Å². The molecule has 0 aliphatic heterocycles. The molecule has 0 radical (unpaired) electrons. The van der Waals surface area contributed by atoms with Crippen molar-refractivity contribution in [1.29, 1.82) is 0 Å². The van der Waals surface area contributed by atoms with Crippen LogP contribution in [0.2, 0.25) is 0 Å². The number of benzene rings is 1. The van der Waals surface area contributed by atoms with Crippen LogP contribution in [0.3, 0.4) is 0 Å². The fraction of sp³-hybridized carbons (Fsp3) is 0.143. The van der Waals surface area contributed by atoms with Crippen LogP contribution in [0.4, 0.5) is 0 Å². The normalized spacial score (nSPS) is 10.8. The van der Waals surface area contributed by atoms with Gasteiger partial charge in [-0.2, -0.15) is 5.10 Å². The van der Waals surface area contributed by atoms with Gasteiger partial charge in [0.2, 0.25) is 0 Å². The van der Waals surface area contributed by atoms with Crippen LogP contribution < -0.4 is 10.2 Å². The van der Waals surface area contributed by atoms with Crippen molar-refractivity contribution in [3.63, 3.8) is 0 Å². The van der Waals surface area contributed by atoms with Crippen LogP contribution in [0.5, 0.6) is 5.75 Å². The highest BCUT2D eigenvalue weighted by atomic mass is 79.9. The van der Waals surface area contributed by atoms with E-state index < -0.39 is 0 Å². The molecule has 1 aromatic carbocycles. The molecule has 0 fully saturated rings. The van der Waals surface area contributed by atoms with Crippen LogP contribution in [0, 0.1) is 6.92 Å². The lowest BCUT2D eigenvalue weighted by Crippen LogP contribution is -2.24. The lowest BCUT2D eigenvalue weighted by atomic mass is 10.3. The predicted octanol–water partition coefficient (Wildman–Crippen LogP) is 3.64. The van der Waals surface area contributed by atoms with Gasteiger partial charge in [0.1, 0.15) is 17.3 Å². The van der Waals surface area contributed by atoms with Gasteiger partial charge in [0.15, 0.2) is 6.61 Å². The van der Waals surface area contributed by atoms with Gasteiger partial charge in [-0.15, -0.1) is 0 Å². The number of amides is 1. The summed E-state index contributed by atoms with van der Waals surface area (Å²) in [7, 11) is 0. The molecule has 21 heavy (non-hydrogen) atoms. The average molecular weight is 416 g/mol. The third-order valence-electron chi connectivity index (χ3n) is 2.42. The maximum Gasteiger partial charge on any atom is 0.277 e. The van der Waals surface area contributed by atoms with Gasteiger partial charge in [0, 0.05) is 10.5 Å². The number of halogens is 2. The Morgan fingerprint density at radius 3 is 2.90 bits per heavy atom. The van der Waals surface area contributed by atoms with Crippen molar-refractivity contribution in [3.8, 4) is 5.75 Å². The topological polar surface area (TPSA) is 63.8 Å². The molecular formula is C14H12Br2N2O3. The Morgan fingerprint density at radius 1 is 1.43 bits per heavy atom. The quantitative estimate of drug-likeness (QED) is 0.598. The largest absolute Gasteiger partial charge is 0.484 e. The van der Waals surface area contributed by atoms with Gasteiger partial charge in [-0.1, -0.05) is 22.0 Å². The van der Waals surface area contributed by atoms with Crippen molar-refractivity contribution < 1.29 is 13.9 Å². The molecule has 0 saturated carbocycles. The predicted molar refractivity (Wildman–Crippen MR) is 86.5 cm³/mol. The highest BCUT2D eigenvalue weighted by Crippen LogP contribution is 2.19. The fourth-order valence-electron chi connectivity index (χ4n) is 1.45. The molecular weight excluding hydrogens is 404 g/mol. The SMILES string of the molecule is Cc1oc(/C=N/NC(=O)COc2cccc(Br)c2)cc1Br. The molecule has 0 saturated heterocycles. The number of rotatable bonds is 5. The lowest BCUT2D eigenvalue weighted by molar-refractivity contribution is -0.123. The first-order chi connectivity index (χ1) is 10.0. The van der Waals surface area contributed by atoms with Crippen LogP contribution in [-0.2, 0) is 4.79 Å². The van der Waals surface area contributed by atoms with Crippen molar-refractivity contribution in [3.05, 3.63) is 50.8 Å². The molecule has 0 aliphatic carbocycles. The molecule has 1 aromatic heterocycles. The minimum absolute atomic E-state index is 0.116. The fourth-order valence-corrected chi connectivity index (χ4v) is 2.14. The molecule has 2 aromatic rings. The Labute approximate surface area is 138 Å². The second kappa shape index (κ2) is 7.42. The van der Waals surface area contributed by atoms with Crippen LogP contribution in [-0.4, -0.2) is 18.7 Å². The molecule has 1 heterocycles. The van der Waals surface area contributed by atoms with Crippen molar-refractivity contribution >= 4 is 44.0 Å². The van der Waals surface area contributed by atoms with Crippen LogP contribution in [0.15, 0.2) is 48.8 Å². The molecule has 110 valence electrons. The summed E-state index contributed by atoms with van der Waals surface area (Å²) in [4.78, 5) is 11.6. The maximum atomic E-state index is 11.6. The van der Waals surface area contributed by atoms with E-state index in [1.165, 1.54) is 6.21 Å². The summed E-state index contributed by atoms with van der Waals surface area (Å²) in [6, 6.07) is 9.01. The molecule has 0 unspecified atom stereocenters. The van der Waals surface area contributed by atoms with Crippen LogP contribution in [0.25, 0.3) is 0 Å². The Balaban J connectivity index is 1.79. The number of nitrogens with one attached hydrogen (secondary N) is 1. The van der Waals surface area contributed by atoms with Gasteiger partial charge < -0.3 is 9.15 Å². The summed E-state index contributed by atoms with van der Waals surface area (Å²) in [6.07, 6.45) is 1.43. The van der Waals surface area contributed by atoms with Crippen molar-refractivity contribution in [2.75, 3.05) is 6.61 Å². The first-order valence-corrected chi connectivity index (χ1v) is 7.59. The molecule has 0 atom stereocenters. The maximum absolute atomic E-state index is 11.6. The van der Waals surface area contributed by atoms with E-state index in [-0.39, 0.29) is 12.5 Å². The summed E-state index contributed by atoms with van der Waals surface area (Å²) >= 11 is 6.65. The van der Waals surface area contributed by atoms with E-state index >= 15 is 0 Å². The van der Waals surface area contributed by atoms with Crippen molar-refractivity contribution in [2.24, 2.45) is 5.10 Å². The van der Waals surface area contributed by atoms with E-state index in [0.717, 1.165) is 14.7 Å². The Bertz CT molecular complexity index is 648.